The largest absolute Gasteiger partial charge is 0.545 e. The zero-order valence-electron chi connectivity index (χ0n) is 16.8. The predicted octanol–water partition coefficient (Wildman–Crippen LogP) is 1.56. The first-order valence-electron chi connectivity index (χ1n) is 9.37. The summed E-state index contributed by atoms with van der Waals surface area (Å²) in [5, 5.41) is 11.4. The fourth-order valence-corrected chi connectivity index (χ4v) is 3.31. The van der Waals surface area contributed by atoms with E-state index in [-0.39, 0.29) is 5.56 Å². The molecule has 0 spiro atoms. The molecule has 0 amide bonds. The SMILES string of the molecule is CN(C)c1ccc(C(=C2C=CC([NH+](C)C)C=C2)c2cccc(C(=O)[O-])c2)cc1. The predicted molar refractivity (Wildman–Crippen MR) is 112 cm³/mol. The lowest BCUT2D eigenvalue weighted by Gasteiger charge is -2.20. The monoisotopic (exact) mass is 374 g/mol. The Morgan fingerprint density at radius 2 is 1.54 bits per heavy atom. The molecule has 0 radical (unpaired) electrons. The number of hydrogen-bond acceptors (Lipinski definition) is 3. The van der Waals surface area contributed by atoms with E-state index in [2.05, 4.69) is 67.6 Å². The standard InChI is InChI=1S/C24H26N2O2/c1-25(2)21-12-8-17(9-13-21)23(18-10-14-22(15-11-18)26(3)4)19-6-5-7-20(16-19)24(27)28/h5-16,21H,1-4H3,(H,27,28). The van der Waals surface area contributed by atoms with Crippen molar-refractivity contribution < 1.29 is 14.8 Å². The van der Waals surface area contributed by atoms with Gasteiger partial charge in [0, 0.05) is 19.8 Å². The van der Waals surface area contributed by atoms with Gasteiger partial charge in [0.05, 0.1) is 20.1 Å². The van der Waals surface area contributed by atoms with Crippen LogP contribution in [0.3, 0.4) is 0 Å². The maximum absolute atomic E-state index is 11.4. The number of carbonyl (C=O) groups is 1. The summed E-state index contributed by atoms with van der Waals surface area (Å²) in [6.45, 7) is 0. The van der Waals surface area contributed by atoms with Gasteiger partial charge in [-0.3, -0.25) is 0 Å². The highest BCUT2D eigenvalue weighted by atomic mass is 16.4. The Morgan fingerprint density at radius 1 is 0.929 bits per heavy atom. The Hall–Kier alpha value is -3.11. The number of rotatable bonds is 5. The lowest BCUT2D eigenvalue weighted by atomic mass is 9.89. The molecule has 0 atom stereocenters. The second-order valence-electron chi connectivity index (χ2n) is 7.46. The van der Waals surface area contributed by atoms with Crippen molar-refractivity contribution in [2.75, 3.05) is 33.1 Å². The van der Waals surface area contributed by atoms with Gasteiger partial charge in [-0.1, -0.05) is 42.5 Å². The summed E-state index contributed by atoms with van der Waals surface area (Å²) >= 11 is 0. The second-order valence-corrected chi connectivity index (χ2v) is 7.46. The molecule has 0 bridgehead atoms. The number of carboxylic acids is 1. The minimum Gasteiger partial charge on any atom is -0.545 e. The molecule has 1 aliphatic rings. The number of carboxylic acid groups (broad SMARTS) is 1. The molecule has 1 aliphatic carbocycles. The number of nitrogens with one attached hydrogen (secondary N) is 1. The lowest BCUT2D eigenvalue weighted by molar-refractivity contribution is -0.871. The summed E-state index contributed by atoms with van der Waals surface area (Å²) in [7, 11) is 8.26. The summed E-state index contributed by atoms with van der Waals surface area (Å²) in [5.74, 6) is -1.17. The Labute approximate surface area is 166 Å². The van der Waals surface area contributed by atoms with Gasteiger partial charge in [0.25, 0.3) is 0 Å². The number of carbonyl (C=O) groups excluding carboxylic acids is 1. The molecule has 4 heteroatoms. The summed E-state index contributed by atoms with van der Waals surface area (Å²) in [6.07, 6.45) is 8.61. The van der Waals surface area contributed by atoms with Crippen LogP contribution >= 0.6 is 0 Å². The van der Waals surface area contributed by atoms with Crippen molar-refractivity contribution in [1.82, 2.24) is 0 Å². The molecule has 2 aromatic rings. The zero-order chi connectivity index (χ0) is 20.3. The van der Waals surface area contributed by atoms with Crippen molar-refractivity contribution in [3.63, 3.8) is 0 Å². The summed E-state index contributed by atoms with van der Waals surface area (Å²) < 4.78 is 0. The third-order valence-corrected chi connectivity index (χ3v) is 4.98. The Kier molecular flexibility index (Phi) is 5.81. The fourth-order valence-electron chi connectivity index (χ4n) is 3.31. The van der Waals surface area contributed by atoms with Gasteiger partial charge in [0.15, 0.2) is 0 Å². The van der Waals surface area contributed by atoms with Gasteiger partial charge in [-0.05, 0) is 58.2 Å². The van der Waals surface area contributed by atoms with Crippen molar-refractivity contribution in [2.24, 2.45) is 0 Å². The molecule has 28 heavy (non-hydrogen) atoms. The van der Waals surface area contributed by atoms with E-state index in [0.717, 1.165) is 28.0 Å². The van der Waals surface area contributed by atoms with Crippen LogP contribution in [0.5, 0.6) is 0 Å². The molecule has 0 heterocycles. The minimum absolute atomic E-state index is 0.180. The first-order valence-corrected chi connectivity index (χ1v) is 9.37. The minimum atomic E-state index is -1.17. The van der Waals surface area contributed by atoms with Gasteiger partial charge >= 0.3 is 0 Å². The maximum atomic E-state index is 11.4. The molecule has 0 fully saturated rings. The van der Waals surface area contributed by atoms with E-state index in [1.807, 2.05) is 20.2 Å². The smallest absolute Gasteiger partial charge is 0.125 e. The molecule has 3 rings (SSSR count). The number of benzene rings is 2. The Morgan fingerprint density at radius 3 is 2.07 bits per heavy atom. The Balaban J connectivity index is 2.14. The van der Waals surface area contributed by atoms with E-state index in [9.17, 15) is 9.90 Å². The molecule has 0 saturated carbocycles. The van der Waals surface area contributed by atoms with Crippen LogP contribution in [0, 0.1) is 0 Å². The van der Waals surface area contributed by atoms with Gasteiger partial charge < -0.3 is 19.7 Å². The average molecular weight is 374 g/mol. The third kappa shape index (κ3) is 4.24. The van der Waals surface area contributed by atoms with Crippen LogP contribution in [0.1, 0.15) is 21.5 Å². The van der Waals surface area contributed by atoms with Crippen LogP contribution in [0.15, 0.2) is 78.4 Å². The molecule has 1 N–H and O–H groups in total. The van der Waals surface area contributed by atoms with Gasteiger partial charge in [-0.15, -0.1) is 0 Å². The number of quaternary nitrogens is 1. The van der Waals surface area contributed by atoms with Gasteiger partial charge in [0.2, 0.25) is 0 Å². The molecule has 2 aromatic carbocycles. The summed E-state index contributed by atoms with van der Waals surface area (Å²) in [4.78, 5) is 14.8. The third-order valence-electron chi connectivity index (χ3n) is 4.98. The van der Waals surface area contributed by atoms with Crippen LogP contribution in [0.4, 0.5) is 5.69 Å². The van der Waals surface area contributed by atoms with Crippen molar-refractivity contribution in [3.05, 3.63) is 95.1 Å². The quantitative estimate of drug-likeness (QED) is 0.864. The normalized spacial score (nSPS) is 15.8. The van der Waals surface area contributed by atoms with Gasteiger partial charge in [-0.2, -0.15) is 0 Å². The van der Waals surface area contributed by atoms with Crippen LogP contribution in [0.2, 0.25) is 0 Å². The first-order chi connectivity index (χ1) is 13.4. The van der Waals surface area contributed by atoms with E-state index in [1.54, 1.807) is 18.2 Å². The lowest BCUT2D eigenvalue weighted by Crippen LogP contribution is -3.09. The highest BCUT2D eigenvalue weighted by Gasteiger charge is 2.15. The number of allylic oxidation sites excluding steroid dienone is 3. The highest BCUT2D eigenvalue weighted by molar-refractivity contribution is 5.91. The topological polar surface area (TPSA) is 47.8 Å². The van der Waals surface area contributed by atoms with E-state index in [4.69, 9.17) is 0 Å². The van der Waals surface area contributed by atoms with Crippen LogP contribution in [-0.2, 0) is 0 Å². The molecule has 0 aliphatic heterocycles. The number of anilines is 1. The van der Waals surface area contributed by atoms with E-state index in [0.29, 0.717) is 6.04 Å². The number of aromatic carboxylic acids is 1. The van der Waals surface area contributed by atoms with Crippen LogP contribution in [0.25, 0.3) is 5.57 Å². The van der Waals surface area contributed by atoms with E-state index < -0.39 is 5.97 Å². The zero-order valence-corrected chi connectivity index (χ0v) is 16.8. The van der Waals surface area contributed by atoms with Crippen molar-refractivity contribution in [2.45, 2.75) is 6.04 Å². The Bertz CT molecular complexity index is 935. The van der Waals surface area contributed by atoms with Crippen molar-refractivity contribution >= 4 is 17.2 Å². The summed E-state index contributed by atoms with van der Waals surface area (Å²) in [6, 6.07) is 15.6. The van der Waals surface area contributed by atoms with Gasteiger partial charge in [-0.25, -0.2) is 0 Å². The van der Waals surface area contributed by atoms with E-state index >= 15 is 0 Å². The highest BCUT2D eigenvalue weighted by Crippen LogP contribution is 2.31. The number of nitrogens with zero attached hydrogens (tertiary/aromatic N) is 1. The fraction of sp³-hybridized carbons (Fsp3) is 0.208. The number of hydrogen-bond donors (Lipinski definition) is 1. The second kappa shape index (κ2) is 8.28. The van der Waals surface area contributed by atoms with Gasteiger partial charge in [0.1, 0.15) is 6.04 Å². The molecule has 144 valence electrons. The molecule has 0 aromatic heterocycles. The number of likely N-dealkylation sites (N-methyl/N-ethyl adjacent to an activating group) is 1. The average Bonchev–Trinajstić information content (AvgIpc) is 2.69. The van der Waals surface area contributed by atoms with Crippen LogP contribution < -0.4 is 14.9 Å². The van der Waals surface area contributed by atoms with E-state index in [1.165, 1.54) is 4.90 Å². The molecule has 4 nitrogen and oxygen atoms in total. The molecular weight excluding hydrogens is 348 g/mol. The first kappa shape index (κ1) is 19.6. The summed E-state index contributed by atoms with van der Waals surface area (Å²) in [5.41, 5.74) is 5.27. The maximum Gasteiger partial charge on any atom is 0.125 e. The molecule has 0 saturated heterocycles. The van der Waals surface area contributed by atoms with Crippen molar-refractivity contribution in [1.29, 1.82) is 0 Å². The van der Waals surface area contributed by atoms with Crippen LogP contribution in [-0.4, -0.2) is 40.2 Å². The molecule has 0 unspecified atom stereocenters. The molecular formula is C24H26N2O2. The van der Waals surface area contributed by atoms with Crippen molar-refractivity contribution in [3.8, 4) is 0 Å².